The number of thiazole rings is 1. The molecule has 3 atom stereocenters. The Kier molecular flexibility index (Phi) is 3.89. The summed E-state index contributed by atoms with van der Waals surface area (Å²) in [5, 5.41) is 3.50. The van der Waals surface area contributed by atoms with Crippen LogP contribution in [0.4, 0.5) is 0 Å². The molecule has 5 heteroatoms. The predicted octanol–water partition coefficient (Wildman–Crippen LogP) is 2.30. The van der Waals surface area contributed by atoms with Gasteiger partial charge in [0.05, 0.1) is 23.4 Å². The van der Waals surface area contributed by atoms with Crippen LogP contribution in [0.3, 0.4) is 0 Å². The third-order valence-electron chi connectivity index (χ3n) is 4.45. The van der Waals surface area contributed by atoms with Crippen LogP contribution in [0.5, 0.6) is 0 Å². The minimum Gasteiger partial charge on any atom is -0.378 e. The lowest BCUT2D eigenvalue weighted by Crippen LogP contribution is -2.43. The van der Waals surface area contributed by atoms with Gasteiger partial charge in [-0.15, -0.1) is 11.3 Å². The van der Waals surface area contributed by atoms with Gasteiger partial charge in [-0.05, 0) is 32.7 Å². The van der Waals surface area contributed by atoms with E-state index in [2.05, 4.69) is 24.3 Å². The van der Waals surface area contributed by atoms with Gasteiger partial charge in [0.2, 0.25) is 0 Å². The first kappa shape index (κ1) is 13.5. The molecule has 2 aliphatic rings. The Bertz CT molecular complexity index is 429. The van der Waals surface area contributed by atoms with Gasteiger partial charge in [-0.1, -0.05) is 0 Å². The summed E-state index contributed by atoms with van der Waals surface area (Å²) < 4.78 is 11.6. The van der Waals surface area contributed by atoms with Crippen molar-refractivity contribution in [1.29, 1.82) is 0 Å². The van der Waals surface area contributed by atoms with E-state index >= 15 is 0 Å². The molecule has 0 amide bonds. The lowest BCUT2D eigenvalue weighted by atomic mass is 9.80. The molecule has 4 nitrogen and oxygen atoms in total. The van der Waals surface area contributed by atoms with Crippen LogP contribution >= 0.6 is 11.3 Å². The molecule has 3 heterocycles. The first-order valence-electron chi connectivity index (χ1n) is 7.03. The van der Waals surface area contributed by atoms with Crippen molar-refractivity contribution >= 4 is 11.3 Å². The lowest BCUT2D eigenvalue weighted by molar-refractivity contribution is -0.103. The number of nitrogens with zero attached hydrogens (tertiary/aromatic N) is 1. The molecule has 19 heavy (non-hydrogen) atoms. The van der Waals surface area contributed by atoms with Gasteiger partial charge < -0.3 is 14.8 Å². The zero-order chi connectivity index (χ0) is 13.3. The largest absolute Gasteiger partial charge is 0.378 e. The molecule has 0 aliphatic carbocycles. The Hall–Kier alpha value is -0.490. The second-order valence-corrected chi connectivity index (χ2v) is 6.54. The number of hydrogen-bond donors (Lipinski definition) is 1. The summed E-state index contributed by atoms with van der Waals surface area (Å²) in [6.45, 7) is 4.56. The molecular weight excluding hydrogens is 260 g/mol. The fourth-order valence-corrected chi connectivity index (χ4v) is 4.41. The molecule has 2 fully saturated rings. The summed E-state index contributed by atoms with van der Waals surface area (Å²) >= 11 is 1.76. The van der Waals surface area contributed by atoms with E-state index in [0.717, 1.165) is 44.8 Å². The smallest absolute Gasteiger partial charge is 0.0940 e. The van der Waals surface area contributed by atoms with Crippen molar-refractivity contribution in [3.05, 3.63) is 16.1 Å². The average Bonchev–Trinajstić information content (AvgIpc) is 3.02. The van der Waals surface area contributed by atoms with E-state index in [1.165, 1.54) is 4.88 Å². The minimum atomic E-state index is -0.0173. The molecule has 0 bridgehead atoms. The van der Waals surface area contributed by atoms with Gasteiger partial charge in [0, 0.05) is 30.6 Å². The second kappa shape index (κ2) is 5.48. The second-order valence-electron chi connectivity index (χ2n) is 5.66. The van der Waals surface area contributed by atoms with Crippen LogP contribution in [0.1, 0.15) is 35.9 Å². The molecule has 1 N–H and O–H groups in total. The Balaban J connectivity index is 1.78. The van der Waals surface area contributed by atoms with E-state index in [0.29, 0.717) is 12.0 Å². The van der Waals surface area contributed by atoms with E-state index in [4.69, 9.17) is 9.47 Å². The van der Waals surface area contributed by atoms with Gasteiger partial charge in [-0.25, -0.2) is 4.98 Å². The fourth-order valence-electron chi connectivity index (χ4n) is 3.40. The zero-order valence-electron chi connectivity index (χ0n) is 11.6. The zero-order valence-corrected chi connectivity index (χ0v) is 12.5. The molecule has 2 aliphatic heterocycles. The van der Waals surface area contributed by atoms with Crippen molar-refractivity contribution in [2.24, 2.45) is 5.92 Å². The Morgan fingerprint density at radius 2 is 2.42 bits per heavy atom. The summed E-state index contributed by atoms with van der Waals surface area (Å²) in [7, 11) is 2.05. The SMILES string of the molecule is CNC(c1scnc1C)C1CCOC2(CCOC2)C1. The van der Waals surface area contributed by atoms with Crippen molar-refractivity contribution in [2.75, 3.05) is 26.9 Å². The quantitative estimate of drug-likeness (QED) is 0.924. The molecule has 3 unspecified atom stereocenters. The molecule has 0 saturated carbocycles. The number of aromatic nitrogens is 1. The Morgan fingerprint density at radius 3 is 3.05 bits per heavy atom. The van der Waals surface area contributed by atoms with Crippen LogP contribution in [0.25, 0.3) is 0 Å². The van der Waals surface area contributed by atoms with Crippen LogP contribution in [0, 0.1) is 12.8 Å². The van der Waals surface area contributed by atoms with E-state index < -0.39 is 0 Å². The van der Waals surface area contributed by atoms with Crippen molar-refractivity contribution in [2.45, 2.75) is 37.8 Å². The van der Waals surface area contributed by atoms with Crippen LogP contribution in [-0.2, 0) is 9.47 Å². The van der Waals surface area contributed by atoms with E-state index in [1.54, 1.807) is 11.3 Å². The van der Waals surface area contributed by atoms with E-state index in [1.807, 2.05) is 5.51 Å². The molecule has 1 aromatic heterocycles. The van der Waals surface area contributed by atoms with E-state index in [-0.39, 0.29) is 5.60 Å². The minimum absolute atomic E-state index is 0.0173. The van der Waals surface area contributed by atoms with Gasteiger partial charge >= 0.3 is 0 Å². The first-order chi connectivity index (χ1) is 9.24. The van der Waals surface area contributed by atoms with Crippen LogP contribution < -0.4 is 5.32 Å². The predicted molar refractivity (Wildman–Crippen MR) is 75.5 cm³/mol. The third kappa shape index (κ3) is 2.57. The van der Waals surface area contributed by atoms with Crippen LogP contribution in [-0.4, -0.2) is 37.5 Å². The van der Waals surface area contributed by atoms with E-state index in [9.17, 15) is 0 Å². The summed E-state index contributed by atoms with van der Waals surface area (Å²) in [6.07, 6.45) is 3.25. The molecule has 106 valence electrons. The van der Waals surface area contributed by atoms with Gasteiger partial charge in [-0.3, -0.25) is 0 Å². The molecule has 2 saturated heterocycles. The highest BCUT2D eigenvalue weighted by molar-refractivity contribution is 7.09. The average molecular weight is 282 g/mol. The molecule has 0 aromatic carbocycles. The maximum Gasteiger partial charge on any atom is 0.0940 e. The highest BCUT2D eigenvalue weighted by Gasteiger charge is 2.43. The monoisotopic (exact) mass is 282 g/mol. The lowest BCUT2D eigenvalue weighted by Gasteiger charge is -2.40. The summed E-state index contributed by atoms with van der Waals surface area (Å²) in [5.41, 5.74) is 3.09. The Morgan fingerprint density at radius 1 is 1.53 bits per heavy atom. The summed E-state index contributed by atoms with van der Waals surface area (Å²) in [6, 6.07) is 0.397. The first-order valence-corrected chi connectivity index (χ1v) is 7.91. The standard InChI is InChI=1S/C14H22N2O2S/c1-10-13(19-9-16-10)12(15-2)11-3-5-18-14(7-11)4-6-17-8-14/h9,11-12,15H,3-8H2,1-2H3. The van der Waals surface area contributed by atoms with Crippen molar-refractivity contribution in [3.63, 3.8) is 0 Å². The fraction of sp³-hybridized carbons (Fsp3) is 0.786. The maximum atomic E-state index is 6.03. The number of nitrogens with one attached hydrogen (secondary N) is 1. The van der Waals surface area contributed by atoms with Gasteiger partial charge in [0.15, 0.2) is 0 Å². The highest BCUT2D eigenvalue weighted by atomic mass is 32.1. The van der Waals surface area contributed by atoms with Crippen LogP contribution in [0.15, 0.2) is 5.51 Å². The normalized spacial score (nSPS) is 32.8. The molecule has 1 aromatic rings. The summed E-state index contributed by atoms with van der Waals surface area (Å²) in [4.78, 5) is 5.77. The van der Waals surface area contributed by atoms with Gasteiger partial charge in [0.1, 0.15) is 0 Å². The van der Waals surface area contributed by atoms with Gasteiger partial charge in [0.25, 0.3) is 0 Å². The number of ether oxygens (including phenoxy) is 2. The van der Waals surface area contributed by atoms with Gasteiger partial charge in [-0.2, -0.15) is 0 Å². The highest BCUT2D eigenvalue weighted by Crippen LogP contribution is 2.42. The Labute approximate surface area is 118 Å². The van der Waals surface area contributed by atoms with Crippen molar-refractivity contribution in [1.82, 2.24) is 10.3 Å². The maximum absolute atomic E-state index is 6.03. The third-order valence-corrected chi connectivity index (χ3v) is 5.46. The molecule has 3 rings (SSSR count). The molecule has 0 radical (unpaired) electrons. The topological polar surface area (TPSA) is 43.4 Å². The number of aryl methyl sites for hydroxylation is 1. The molecular formula is C14H22N2O2S. The van der Waals surface area contributed by atoms with Crippen molar-refractivity contribution in [3.8, 4) is 0 Å². The molecule has 1 spiro atoms. The number of rotatable bonds is 3. The van der Waals surface area contributed by atoms with Crippen molar-refractivity contribution < 1.29 is 9.47 Å². The van der Waals surface area contributed by atoms with Crippen LogP contribution in [0.2, 0.25) is 0 Å². The number of hydrogen-bond acceptors (Lipinski definition) is 5. The summed E-state index contributed by atoms with van der Waals surface area (Å²) in [5.74, 6) is 0.611.